The lowest BCUT2D eigenvalue weighted by atomic mass is 10.0. The maximum atomic E-state index is 6.25. The van der Waals surface area contributed by atoms with Crippen LogP contribution in [0.1, 0.15) is 0 Å². The van der Waals surface area contributed by atoms with Crippen molar-refractivity contribution in [2.24, 2.45) is 0 Å². The Morgan fingerprint density at radius 3 is 1.64 bits per heavy atom. The first-order valence-electron chi connectivity index (χ1n) is 16.8. The van der Waals surface area contributed by atoms with Crippen molar-refractivity contribution in [2.45, 2.75) is 0 Å². The minimum Gasteiger partial charge on any atom is -0.456 e. The monoisotopic (exact) mass is 658 g/mol. The number of anilines is 6. The van der Waals surface area contributed by atoms with Crippen molar-refractivity contribution in [2.75, 3.05) is 9.80 Å². The molecule has 0 N–H and O–H groups in total. The van der Waals surface area contributed by atoms with Gasteiger partial charge in [0, 0.05) is 59.4 Å². The molecule has 0 fully saturated rings. The molecule has 0 aliphatic rings. The smallest absolute Gasteiger partial charge is 0.135 e. The zero-order chi connectivity index (χ0) is 33.0. The molecule has 2 heterocycles. The van der Waals surface area contributed by atoms with Gasteiger partial charge >= 0.3 is 0 Å². The van der Waals surface area contributed by atoms with Gasteiger partial charge in [0.2, 0.25) is 0 Å². The fourth-order valence-electron chi connectivity index (χ4n) is 7.32. The summed E-state index contributed by atoms with van der Waals surface area (Å²) >= 11 is 1.86. The molecule has 2 aromatic heterocycles. The summed E-state index contributed by atoms with van der Waals surface area (Å²) in [4.78, 5) is 4.78. The van der Waals surface area contributed by atoms with Crippen molar-refractivity contribution < 1.29 is 4.42 Å². The van der Waals surface area contributed by atoms with Crippen LogP contribution in [-0.4, -0.2) is 0 Å². The highest BCUT2D eigenvalue weighted by Crippen LogP contribution is 2.49. The van der Waals surface area contributed by atoms with Gasteiger partial charge in [-0.15, -0.1) is 11.3 Å². The summed E-state index contributed by atoms with van der Waals surface area (Å²) in [5, 5.41) is 7.22. The van der Waals surface area contributed by atoms with E-state index in [1.54, 1.807) is 0 Å². The Kier molecular flexibility index (Phi) is 6.68. The van der Waals surface area contributed by atoms with Crippen LogP contribution >= 0.6 is 11.3 Å². The van der Waals surface area contributed by atoms with E-state index in [1.807, 2.05) is 23.5 Å². The van der Waals surface area contributed by atoms with Crippen LogP contribution in [0.4, 0.5) is 34.1 Å². The molecule has 4 heteroatoms. The van der Waals surface area contributed by atoms with E-state index in [2.05, 4.69) is 180 Å². The van der Waals surface area contributed by atoms with E-state index >= 15 is 0 Å². The van der Waals surface area contributed by atoms with E-state index in [9.17, 15) is 0 Å². The first kappa shape index (κ1) is 28.6. The maximum absolute atomic E-state index is 6.25. The van der Waals surface area contributed by atoms with Gasteiger partial charge in [0.25, 0.3) is 0 Å². The number of rotatable bonds is 6. The van der Waals surface area contributed by atoms with E-state index in [1.165, 1.54) is 30.9 Å². The lowest BCUT2D eigenvalue weighted by molar-refractivity contribution is 0.669. The molecular weight excluding hydrogens is 629 g/mol. The number of fused-ring (bicyclic) bond motifs is 7. The number of para-hydroxylation sites is 4. The first-order chi connectivity index (χ1) is 24.8. The summed E-state index contributed by atoms with van der Waals surface area (Å²) in [7, 11) is 0. The molecule has 3 nitrogen and oxygen atoms in total. The summed E-state index contributed by atoms with van der Waals surface area (Å²) < 4.78 is 8.75. The molecule has 0 amide bonds. The Hall–Kier alpha value is -6.36. The fourth-order valence-corrected chi connectivity index (χ4v) is 8.51. The normalized spacial score (nSPS) is 11.6. The van der Waals surface area contributed by atoms with Gasteiger partial charge in [0.15, 0.2) is 0 Å². The molecule has 0 saturated carbocycles. The summed E-state index contributed by atoms with van der Waals surface area (Å²) in [6.45, 7) is 0. The standard InChI is InChI=1S/C46H30N2OS/c1-4-16-33(17-5-1)47(36-24-25-43-39(28-36)38-22-12-13-23-42(38)49-43)37-29-41(48(34-18-6-2-7-19-34)35-20-8-3-9-21-35)46-40-26-31-14-10-11-15-32(31)27-44(40)50-45(46)30-37/h1-30H. The van der Waals surface area contributed by atoms with E-state index in [4.69, 9.17) is 4.42 Å². The van der Waals surface area contributed by atoms with Gasteiger partial charge in [-0.2, -0.15) is 0 Å². The van der Waals surface area contributed by atoms with Gasteiger partial charge in [-0.25, -0.2) is 0 Å². The third-order valence-corrected chi connectivity index (χ3v) is 10.7. The second-order valence-corrected chi connectivity index (χ2v) is 13.7. The summed E-state index contributed by atoms with van der Waals surface area (Å²) in [5.74, 6) is 0. The van der Waals surface area contributed by atoms with Crippen molar-refractivity contribution in [1.29, 1.82) is 0 Å². The zero-order valence-corrected chi connectivity index (χ0v) is 27.8. The number of benzene rings is 8. The predicted molar refractivity (Wildman–Crippen MR) is 213 cm³/mol. The van der Waals surface area contributed by atoms with Crippen LogP contribution in [0, 0.1) is 0 Å². The van der Waals surface area contributed by atoms with E-state index in [0.29, 0.717) is 0 Å². The topological polar surface area (TPSA) is 19.6 Å². The molecule has 0 atom stereocenters. The first-order valence-corrected chi connectivity index (χ1v) is 17.7. The molecule has 0 aliphatic heterocycles. The minimum atomic E-state index is 0.884. The average molecular weight is 659 g/mol. The number of hydrogen-bond acceptors (Lipinski definition) is 4. The van der Waals surface area contributed by atoms with Gasteiger partial charge in [-0.1, -0.05) is 97.1 Å². The molecule has 10 rings (SSSR count). The van der Waals surface area contributed by atoms with Crippen molar-refractivity contribution >= 4 is 98.3 Å². The molecule has 0 radical (unpaired) electrons. The molecule has 236 valence electrons. The van der Waals surface area contributed by atoms with E-state index in [-0.39, 0.29) is 0 Å². The molecule has 10 aromatic rings. The van der Waals surface area contributed by atoms with Crippen LogP contribution in [-0.2, 0) is 0 Å². The van der Waals surface area contributed by atoms with Gasteiger partial charge < -0.3 is 14.2 Å². The van der Waals surface area contributed by atoms with Crippen LogP contribution in [0.2, 0.25) is 0 Å². The van der Waals surface area contributed by atoms with Crippen molar-refractivity contribution in [3.63, 3.8) is 0 Å². The highest BCUT2D eigenvalue weighted by atomic mass is 32.1. The molecule has 8 aromatic carbocycles. The average Bonchev–Trinajstić information content (AvgIpc) is 3.73. The summed E-state index contributed by atoms with van der Waals surface area (Å²) in [5.41, 5.74) is 8.36. The number of furan rings is 1. The number of hydrogen-bond donors (Lipinski definition) is 0. The van der Waals surface area contributed by atoms with E-state index < -0.39 is 0 Å². The van der Waals surface area contributed by atoms with Crippen LogP contribution < -0.4 is 9.80 Å². The Bertz CT molecular complexity index is 2780. The molecule has 0 bridgehead atoms. The number of nitrogens with zero attached hydrogens (tertiary/aromatic N) is 2. The highest BCUT2D eigenvalue weighted by molar-refractivity contribution is 7.26. The molecule has 50 heavy (non-hydrogen) atoms. The molecule has 0 spiro atoms. The number of thiophene rings is 1. The Morgan fingerprint density at radius 2 is 0.940 bits per heavy atom. The Labute approximate surface area is 293 Å². The molecule has 0 unspecified atom stereocenters. The van der Waals surface area contributed by atoms with Gasteiger partial charge in [-0.3, -0.25) is 0 Å². The van der Waals surface area contributed by atoms with Crippen LogP contribution in [0.3, 0.4) is 0 Å². The maximum Gasteiger partial charge on any atom is 0.135 e. The largest absolute Gasteiger partial charge is 0.456 e. The zero-order valence-electron chi connectivity index (χ0n) is 27.0. The Balaban J connectivity index is 1.30. The summed E-state index contributed by atoms with van der Waals surface area (Å²) in [6.07, 6.45) is 0. The second-order valence-electron chi connectivity index (χ2n) is 12.6. The molecule has 0 saturated heterocycles. The van der Waals surface area contributed by atoms with Crippen LogP contribution in [0.25, 0.3) is 52.9 Å². The molecular formula is C46H30N2OS. The lowest BCUT2D eigenvalue weighted by Gasteiger charge is -2.30. The highest BCUT2D eigenvalue weighted by Gasteiger charge is 2.23. The predicted octanol–water partition coefficient (Wildman–Crippen LogP) is 14.0. The van der Waals surface area contributed by atoms with Gasteiger partial charge in [-0.05, 0) is 95.7 Å². The minimum absolute atomic E-state index is 0.884. The quantitative estimate of drug-likeness (QED) is 0.177. The third kappa shape index (κ3) is 4.73. The van der Waals surface area contributed by atoms with Crippen LogP contribution in [0.5, 0.6) is 0 Å². The Morgan fingerprint density at radius 1 is 0.360 bits per heavy atom. The van der Waals surface area contributed by atoms with Crippen LogP contribution in [0.15, 0.2) is 186 Å². The van der Waals surface area contributed by atoms with E-state index in [0.717, 1.165) is 56.1 Å². The van der Waals surface area contributed by atoms with Gasteiger partial charge in [0.05, 0.1) is 5.69 Å². The second kappa shape index (κ2) is 11.7. The van der Waals surface area contributed by atoms with Crippen molar-refractivity contribution in [3.8, 4) is 0 Å². The lowest BCUT2D eigenvalue weighted by Crippen LogP contribution is -2.13. The van der Waals surface area contributed by atoms with Crippen molar-refractivity contribution in [1.82, 2.24) is 0 Å². The van der Waals surface area contributed by atoms with Gasteiger partial charge in [0.1, 0.15) is 11.2 Å². The summed E-state index contributed by atoms with van der Waals surface area (Å²) in [6, 6.07) is 65.0. The third-order valence-electron chi connectivity index (χ3n) is 9.56. The van der Waals surface area contributed by atoms with Crippen molar-refractivity contribution in [3.05, 3.63) is 182 Å². The fraction of sp³-hybridized carbons (Fsp3) is 0. The SMILES string of the molecule is c1ccc(N(c2cc(N(c3ccccc3)c3ccccc3)c3c(c2)sc2cc4ccccc4cc23)c2ccc3oc4ccccc4c3c2)cc1. The molecule has 0 aliphatic carbocycles.